The van der Waals surface area contributed by atoms with Crippen molar-refractivity contribution in [3.63, 3.8) is 0 Å². The highest BCUT2D eigenvalue weighted by molar-refractivity contribution is 7.92. The molecule has 3 aromatic rings. The number of hydrogen-bond acceptors (Lipinski definition) is 5. The Morgan fingerprint density at radius 3 is 2.44 bits per heavy atom. The van der Waals surface area contributed by atoms with E-state index in [1.54, 1.807) is 67.8 Å². The zero-order valence-electron chi connectivity index (χ0n) is 17.5. The SMILES string of the molecule is COc1ccc(Oc2ccc(Cl)cc2NC(=O)c2ccc3c(c2)CCN3S(C)(=O)=O)cc1. The van der Waals surface area contributed by atoms with Crippen LogP contribution in [0.15, 0.2) is 60.7 Å². The predicted octanol–water partition coefficient (Wildman–Crippen LogP) is 4.72. The van der Waals surface area contributed by atoms with Crippen LogP contribution >= 0.6 is 11.6 Å². The summed E-state index contributed by atoms with van der Waals surface area (Å²) in [5.74, 6) is 1.35. The Morgan fingerprint density at radius 2 is 1.75 bits per heavy atom. The smallest absolute Gasteiger partial charge is 0.255 e. The molecule has 0 unspecified atom stereocenters. The average molecular weight is 473 g/mol. The van der Waals surface area contributed by atoms with Gasteiger partial charge >= 0.3 is 0 Å². The molecule has 0 saturated heterocycles. The van der Waals surface area contributed by atoms with Crippen LogP contribution in [0, 0.1) is 0 Å². The highest BCUT2D eigenvalue weighted by Gasteiger charge is 2.27. The van der Waals surface area contributed by atoms with E-state index >= 15 is 0 Å². The van der Waals surface area contributed by atoms with Gasteiger partial charge in [-0.1, -0.05) is 11.6 Å². The molecule has 0 saturated carbocycles. The predicted molar refractivity (Wildman–Crippen MR) is 125 cm³/mol. The van der Waals surface area contributed by atoms with Gasteiger partial charge in [0.15, 0.2) is 5.75 Å². The first-order valence-electron chi connectivity index (χ1n) is 9.78. The number of nitrogens with zero attached hydrogens (tertiary/aromatic N) is 1. The summed E-state index contributed by atoms with van der Waals surface area (Å²) in [7, 11) is -1.76. The normalized spacial score (nSPS) is 12.9. The minimum atomic E-state index is -3.35. The van der Waals surface area contributed by atoms with Gasteiger partial charge in [-0.3, -0.25) is 9.10 Å². The summed E-state index contributed by atoms with van der Waals surface area (Å²) in [4.78, 5) is 12.9. The van der Waals surface area contributed by atoms with Gasteiger partial charge in [-0.15, -0.1) is 0 Å². The van der Waals surface area contributed by atoms with Gasteiger partial charge in [0.05, 0.1) is 24.7 Å². The first kappa shape index (κ1) is 22.0. The van der Waals surface area contributed by atoms with Crippen molar-refractivity contribution in [2.24, 2.45) is 0 Å². The van der Waals surface area contributed by atoms with Crippen LogP contribution in [0.5, 0.6) is 17.2 Å². The minimum Gasteiger partial charge on any atom is -0.497 e. The van der Waals surface area contributed by atoms with E-state index in [0.29, 0.717) is 52.2 Å². The summed E-state index contributed by atoms with van der Waals surface area (Å²) in [5, 5.41) is 3.28. The van der Waals surface area contributed by atoms with E-state index in [1.807, 2.05) is 0 Å². The third kappa shape index (κ3) is 4.66. The van der Waals surface area contributed by atoms with E-state index in [0.717, 1.165) is 5.56 Å². The van der Waals surface area contributed by atoms with Crippen LogP contribution in [0.1, 0.15) is 15.9 Å². The maximum atomic E-state index is 12.9. The third-order valence-electron chi connectivity index (χ3n) is 5.07. The number of carbonyl (C=O) groups excluding carboxylic acids is 1. The highest BCUT2D eigenvalue weighted by atomic mass is 35.5. The third-order valence-corrected chi connectivity index (χ3v) is 6.49. The molecule has 0 bridgehead atoms. The molecular formula is C23H21ClN2O5S. The summed E-state index contributed by atoms with van der Waals surface area (Å²) < 4.78 is 36.3. The molecule has 1 N–H and O–H groups in total. The van der Waals surface area contributed by atoms with Crippen LogP contribution in [0.4, 0.5) is 11.4 Å². The fourth-order valence-electron chi connectivity index (χ4n) is 3.51. The summed E-state index contributed by atoms with van der Waals surface area (Å²) in [6.45, 7) is 0.368. The molecule has 0 fully saturated rings. The Kier molecular flexibility index (Phi) is 5.99. The number of sulfonamides is 1. The van der Waals surface area contributed by atoms with Crippen molar-refractivity contribution in [2.75, 3.05) is 29.5 Å². The van der Waals surface area contributed by atoms with Crippen LogP contribution in [-0.2, 0) is 16.4 Å². The van der Waals surface area contributed by atoms with Crippen molar-refractivity contribution < 1.29 is 22.7 Å². The Bertz CT molecular complexity index is 1280. The average Bonchev–Trinajstić information content (AvgIpc) is 3.20. The maximum Gasteiger partial charge on any atom is 0.255 e. The fraction of sp³-hybridized carbons (Fsp3) is 0.174. The van der Waals surface area contributed by atoms with Gasteiger partial charge in [0.25, 0.3) is 5.91 Å². The van der Waals surface area contributed by atoms with Crippen molar-refractivity contribution in [2.45, 2.75) is 6.42 Å². The van der Waals surface area contributed by atoms with Crippen LogP contribution in [0.3, 0.4) is 0 Å². The molecule has 1 amide bonds. The number of ether oxygens (including phenoxy) is 2. The van der Waals surface area contributed by atoms with Crippen molar-refractivity contribution in [3.05, 3.63) is 76.8 Å². The van der Waals surface area contributed by atoms with Crippen LogP contribution in [0.25, 0.3) is 0 Å². The summed E-state index contributed by atoms with van der Waals surface area (Å²) in [6.07, 6.45) is 1.72. The number of methoxy groups -OCH3 is 1. The molecule has 3 aromatic carbocycles. The Labute approximate surface area is 191 Å². The van der Waals surface area contributed by atoms with Gasteiger partial charge in [0.1, 0.15) is 11.5 Å². The van der Waals surface area contributed by atoms with Crippen LogP contribution in [-0.4, -0.2) is 34.2 Å². The number of halogens is 1. The first-order valence-corrected chi connectivity index (χ1v) is 12.0. The molecule has 166 valence electrons. The molecule has 0 aliphatic carbocycles. The lowest BCUT2D eigenvalue weighted by atomic mass is 10.1. The van der Waals surface area contributed by atoms with Crippen LogP contribution in [0.2, 0.25) is 5.02 Å². The molecule has 32 heavy (non-hydrogen) atoms. The summed E-state index contributed by atoms with van der Waals surface area (Å²) in [5.41, 5.74) is 2.24. The van der Waals surface area contributed by atoms with Gasteiger partial charge < -0.3 is 14.8 Å². The second-order valence-corrected chi connectivity index (χ2v) is 9.64. The molecule has 7 nitrogen and oxygen atoms in total. The minimum absolute atomic E-state index is 0.354. The molecule has 1 aliphatic heterocycles. The molecule has 0 aromatic heterocycles. The van der Waals surface area contributed by atoms with E-state index < -0.39 is 10.0 Å². The zero-order valence-corrected chi connectivity index (χ0v) is 19.0. The largest absolute Gasteiger partial charge is 0.497 e. The first-order chi connectivity index (χ1) is 15.2. The molecule has 1 aliphatic rings. The van der Waals surface area contributed by atoms with Gasteiger partial charge in [-0.25, -0.2) is 8.42 Å². The van der Waals surface area contributed by atoms with Crippen molar-refractivity contribution in [1.29, 1.82) is 0 Å². The number of rotatable bonds is 6. The van der Waals surface area contributed by atoms with E-state index in [4.69, 9.17) is 21.1 Å². The number of benzene rings is 3. The second kappa shape index (κ2) is 8.72. The Morgan fingerprint density at radius 1 is 1.03 bits per heavy atom. The number of nitrogens with one attached hydrogen (secondary N) is 1. The topological polar surface area (TPSA) is 84.9 Å². The molecule has 1 heterocycles. The number of carbonyl (C=O) groups is 1. The van der Waals surface area contributed by atoms with Crippen molar-refractivity contribution in [1.82, 2.24) is 0 Å². The summed E-state index contributed by atoms with van der Waals surface area (Å²) >= 11 is 6.14. The van der Waals surface area contributed by atoms with Crippen molar-refractivity contribution in [3.8, 4) is 17.2 Å². The number of anilines is 2. The lowest BCUT2D eigenvalue weighted by Gasteiger charge is -2.16. The standard InChI is InChI=1S/C23H21ClN2O5S/c1-30-18-5-7-19(8-6-18)31-22-10-4-17(24)14-20(22)25-23(27)16-3-9-21-15(13-16)11-12-26(21)32(2,28)29/h3-10,13-14H,11-12H2,1-2H3,(H,25,27). The Hall–Kier alpha value is -3.23. The second-order valence-electron chi connectivity index (χ2n) is 7.30. The monoisotopic (exact) mass is 472 g/mol. The molecule has 0 atom stereocenters. The molecule has 0 spiro atoms. The summed E-state index contributed by atoms with van der Waals surface area (Å²) in [6, 6.07) is 17.0. The van der Waals surface area contributed by atoms with Crippen molar-refractivity contribution >= 4 is 38.9 Å². The fourth-order valence-corrected chi connectivity index (χ4v) is 4.64. The van der Waals surface area contributed by atoms with E-state index in [-0.39, 0.29) is 5.91 Å². The van der Waals surface area contributed by atoms with Gasteiger partial charge in [0.2, 0.25) is 10.0 Å². The number of amides is 1. The highest BCUT2D eigenvalue weighted by Crippen LogP contribution is 2.34. The number of hydrogen-bond donors (Lipinski definition) is 1. The van der Waals surface area contributed by atoms with Gasteiger partial charge in [0, 0.05) is 17.1 Å². The molecule has 4 rings (SSSR count). The van der Waals surface area contributed by atoms with Gasteiger partial charge in [-0.05, 0) is 72.6 Å². The zero-order chi connectivity index (χ0) is 22.9. The molecule has 0 radical (unpaired) electrons. The van der Waals surface area contributed by atoms with E-state index in [1.165, 1.54) is 10.6 Å². The van der Waals surface area contributed by atoms with Crippen LogP contribution < -0.4 is 19.1 Å². The van der Waals surface area contributed by atoms with Gasteiger partial charge in [-0.2, -0.15) is 0 Å². The van der Waals surface area contributed by atoms with E-state index in [9.17, 15) is 13.2 Å². The number of fused-ring (bicyclic) bond motifs is 1. The molecule has 9 heteroatoms. The van der Waals surface area contributed by atoms with E-state index in [2.05, 4.69) is 5.32 Å². The lowest BCUT2D eigenvalue weighted by molar-refractivity contribution is 0.102. The Balaban J connectivity index is 1.56. The molecular weight excluding hydrogens is 452 g/mol. The quantitative estimate of drug-likeness (QED) is 0.561. The maximum absolute atomic E-state index is 12.9. The lowest BCUT2D eigenvalue weighted by Crippen LogP contribution is -2.27.